The summed E-state index contributed by atoms with van der Waals surface area (Å²) in [5.41, 5.74) is 0. The number of hydrogen-bond donors (Lipinski definition) is 1. The Kier molecular flexibility index (Phi) is 7.78. The van der Waals surface area contributed by atoms with Crippen molar-refractivity contribution in [3.8, 4) is 0 Å². The SMILES string of the molecule is CCCC(C)NCC(Cl)CC(C)C. The van der Waals surface area contributed by atoms with E-state index in [2.05, 4.69) is 33.0 Å². The van der Waals surface area contributed by atoms with E-state index < -0.39 is 0 Å². The van der Waals surface area contributed by atoms with E-state index in [0.29, 0.717) is 17.3 Å². The first-order valence-electron chi connectivity index (χ1n) is 5.43. The van der Waals surface area contributed by atoms with Crippen LogP contribution >= 0.6 is 11.6 Å². The van der Waals surface area contributed by atoms with Gasteiger partial charge in [-0.05, 0) is 25.7 Å². The van der Waals surface area contributed by atoms with Gasteiger partial charge in [0.1, 0.15) is 0 Å². The van der Waals surface area contributed by atoms with E-state index in [-0.39, 0.29) is 0 Å². The number of nitrogens with one attached hydrogen (secondary N) is 1. The van der Waals surface area contributed by atoms with Crippen LogP contribution in [0.25, 0.3) is 0 Å². The van der Waals surface area contributed by atoms with Crippen molar-refractivity contribution >= 4 is 11.6 Å². The molecule has 0 saturated heterocycles. The molecule has 13 heavy (non-hydrogen) atoms. The Morgan fingerprint density at radius 2 is 1.85 bits per heavy atom. The van der Waals surface area contributed by atoms with Crippen LogP contribution in [0.4, 0.5) is 0 Å². The summed E-state index contributed by atoms with van der Waals surface area (Å²) in [6, 6.07) is 0.610. The minimum Gasteiger partial charge on any atom is -0.313 e. The van der Waals surface area contributed by atoms with Crippen LogP contribution in [-0.2, 0) is 0 Å². The highest BCUT2D eigenvalue weighted by Crippen LogP contribution is 2.09. The Hall–Kier alpha value is 0.250. The predicted molar refractivity (Wildman–Crippen MR) is 61.5 cm³/mol. The fourth-order valence-electron chi connectivity index (χ4n) is 1.46. The first-order chi connectivity index (χ1) is 6.06. The van der Waals surface area contributed by atoms with Gasteiger partial charge in [0.15, 0.2) is 0 Å². The second-order valence-corrected chi connectivity index (χ2v) is 4.94. The summed E-state index contributed by atoms with van der Waals surface area (Å²) < 4.78 is 0. The third-order valence-corrected chi connectivity index (χ3v) is 2.47. The molecular formula is C11H24ClN. The molecule has 1 nitrogen and oxygen atoms in total. The smallest absolute Gasteiger partial charge is 0.0463 e. The van der Waals surface area contributed by atoms with E-state index >= 15 is 0 Å². The lowest BCUT2D eigenvalue weighted by atomic mass is 10.1. The molecule has 0 amide bonds. The van der Waals surface area contributed by atoms with Crippen LogP contribution in [0.15, 0.2) is 0 Å². The van der Waals surface area contributed by atoms with Crippen LogP contribution in [-0.4, -0.2) is 18.0 Å². The molecule has 1 N–H and O–H groups in total. The van der Waals surface area contributed by atoms with Crippen molar-refractivity contribution in [1.82, 2.24) is 5.32 Å². The number of alkyl halides is 1. The molecule has 0 aromatic heterocycles. The largest absolute Gasteiger partial charge is 0.313 e. The zero-order valence-corrected chi connectivity index (χ0v) is 10.2. The first-order valence-corrected chi connectivity index (χ1v) is 5.87. The van der Waals surface area contributed by atoms with Crippen LogP contribution in [0, 0.1) is 5.92 Å². The van der Waals surface area contributed by atoms with Crippen molar-refractivity contribution in [1.29, 1.82) is 0 Å². The van der Waals surface area contributed by atoms with Crippen LogP contribution in [0.5, 0.6) is 0 Å². The topological polar surface area (TPSA) is 12.0 Å². The van der Waals surface area contributed by atoms with Crippen LogP contribution in [0.3, 0.4) is 0 Å². The standard InChI is InChI=1S/C11H24ClN/c1-5-6-10(4)13-8-11(12)7-9(2)3/h9-11,13H,5-8H2,1-4H3. The lowest BCUT2D eigenvalue weighted by Crippen LogP contribution is -2.32. The summed E-state index contributed by atoms with van der Waals surface area (Å²) >= 11 is 6.16. The Labute approximate surface area is 88.2 Å². The lowest BCUT2D eigenvalue weighted by Gasteiger charge is -2.17. The monoisotopic (exact) mass is 205 g/mol. The van der Waals surface area contributed by atoms with Gasteiger partial charge in [0, 0.05) is 18.0 Å². The van der Waals surface area contributed by atoms with E-state index in [1.54, 1.807) is 0 Å². The first kappa shape index (κ1) is 13.2. The highest BCUT2D eigenvalue weighted by Gasteiger charge is 2.08. The highest BCUT2D eigenvalue weighted by atomic mass is 35.5. The maximum absolute atomic E-state index is 6.16. The van der Waals surface area contributed by atoms with Gasteiger partial charge in [-0.25, -0.2) is 0 Å². The zero-order chi connectivity index (χ0) is 10.3. The average molecular weight is 206 g/mol. The van der Waals surface area contributed by atoms with Gasteiger partial charge in [-0.1, -0.05) is 27.2 Å². The molecule has 0 radical (unpaired) electrons. The van der Waals surface area contributed by atoms with E-state index in [1.807, 2.05) is 0 Å². The van der Waals surface area contributed by atoms with Gasteiger partial charge in [0.2, 0.25) is 0 Å². The summed E-state index contributed by atoms with van der Waals surface area (Å²) in [5.74, 6) is 0.700. The van der Waals surface area contributed by atoms with E-state index in [4.69, 9.17) is 11.6 Å². The molecule has 0 saturated carbocycles. The molecule has 80 valence electrons. The molecule has 0 bridgehead atoms. The molecule has 0 aliphatic heterocycles. The minimum absolute atomic E-state index is 0.291. The Morgan fingerprint density at radius 1 is 1.23 bits per heavy atom. The van der Waals surface area contributed by atoms with Crippen molar-refractivity contribution < 1.29 is 0 Å². The van der Waals surface area contributed by atoms with Gasteiger partial charge in [-0.2, -0.15) is 0 Å². The molecule has 2 atom stereocenters. The number of rotatable bonds is 7. The lowest BCUT2D eigenvalue weighted by molar-refractivity contribution is 0.474. The summed E-state index contributed by atoms with van der Waals surface area (Å²) in [4.78, 5) is 0. The minimum atomic E-state index is 0.291. The third-order valence-electron chi connectivity index (χ3n) is 2.14. The van der Waals surface area contributed by atoms with Gasteiger partial charge in [0.25, 0.3) is 0 Å². The van der Waals surface area contributed by atoms with E-state index in [0.717, 1.165) is 13.0 Å². The number of halogens is 1. The Morgan fingerprint density at radius 3 is 2.31 bits per heavy atom. The fraction of sp³-hybridized carbons (Fsp3) is 1.00. The summed E-state index contributed by atoms with van der Waals surface area (Å²) in [7, 11) is 0. The predicted octanol–water partition coefficient (Wildman–Crippen LogP) is 3.42. The number of hydrogen-bond acceptors (Lipinski definition) is 1. The van der Waals surface area contributed by atoms with E-state index in [1.165, 1.54) is 12.8 Å². The van der Waals surface area contributed by atoms with Gasteiger partial charge in [-0.3, -0.25) is 0 Å². The maximum atomic E-state index is 6.16. The van der Waals surface area contributed by atoms with Crippen molar-refractivity contribution in [2.24, 2.45) is 5.92 Å². The molecule has 2 heteroatoms. The van der Waals surface area contributed by atoms with Crippen molar-refractivity contribution in [2.45, 2.75) is 58.4 Å². The molecule has 0 aliphatic carbocycles. The second-order valence-electron chi connectivity index (χ2n) is 4.32. The summed E-state index contributed by atoms with van der Waals surface area (Å²) in [6.07, 6.45) is 3.59. The van der Waals surface area contributed by atoms with Gasteiger partial charge < -0.3 is 5.32 Å². The third kappa shape index (κ3) is 8.58. The van der Waals surface area contributed by atoms with Crippen LogP contribution in [0.1, 0.15) is 47.0 Å². The van der Waals surface area contributed by atoms with Crippen LogP contribution < -0.4 is 5.32 Å². The molecule has 0 fully saturated rings. The molecule has 0 aromatic carbocycles. The molecule has 0 aliphatic rings. The van der Waals surface area contributed by atoms with Crippen molar-refractivity contribution in [3.05, 3.63) is 0 Å². The zero-order valence-electron chi connectivity index (χ0n) is 9.44. The van der Waals surface area contributed by atoms with Gasteiger partial charge >= 0.3 is 0 Å². The van der Waals surface area contributed by atoms with Gasteiger partial charge in [0.05, 0.1) is 0 Å². The van der Waals surface area contributed by atoms with Crippen LogP contribution in [0.2, 0.25) is 0 Å². The molecule has 0 heterocycles. The quantitative estimate of drug-likeness (QED) is 0.629. The van der Waals surface area contributed by atoms with Gasteiger partial charge in [-0.15, -0.1) is 11.6 Å². The van der Waals surface area contributed by atoms with Crippen molar-refractivity contribution in [3.63, 3.8) is 0 Å². The van der Waals surface area contributed by atoms with Crippen molar-refractivity contribution in [2.75, 3.05) is 6.54 Å². The molecular weight excluding hydrogens is 182 g/mol. The Balaban J connectivity index is 3.40. The Bertz CT molecular complexity index is 115. The normalized spacial score (nSPS) is 16.2. The summed E-state index contributed by atoms with van der Waals surface area (Å²) in [6.45, 7) is 9.81. The molecule has 0 aromatic rings. The second kappa shape index (κ2) is 7.64. The highest BCUT2D eigenvalue weighted by molar-refractivity contribution is 6.20. The average Bonchev–Trinajstić information content (AvgIpc) is 2.00. The molecule has 0 rings (SSSR count). The fourth-order valence-corrected chi connectivity index (χ4v) is 1.90. The van der Waals surface area contributed by atoms with E-state index in [9.17, 15) is 0 Å². The summed E-state index contributed by atoms with van der Waals surface area (Å²) in [5, 5.41) is 3.75. The molecule has 2 unspecified atom stereocenters. The maximum Gasteiger partial charge on any atom is 0.0463 e. The molecule has 0 spiro atoms.